The van der Waals surface area contributed by atoms with Gasteiger partial charge in [-0.2, -0.15) is 0 Å². The second-order valence-electron chi connectivity index (χ2n) is 5.10. The Morgan fingerprint density at radius 2 is 1.82 bits per heavy atom. The van der Waals surface area contributed by atoms with Crippen molar-refractivity contribution in [1.82, 2.24) is 5.32 Å². The van der Waals surface area contributed by atoms with Gasteiger partial charge in [-0.1, -0.05) is 42.5 Å². The fraction of sp³-hybridized carbons (Fsp3) is 0.333. The maximum atomic E-state index is 6.06. The minimum atomic E-state index is 0.0879. The molecule has 0 spiro atoms. The molecule has 0 saturated heterocycles. The quantitative estimate of drug-likeness (QED) is 0.840. The molecular formula is C15H18N2. The summed E-state index contributed by atoms with van der Waals surface area (Å²) in [7, 11) is 0. The smallest absolute Gasteiger partial charge is 0.0282 e. The van der Waals surface area contributed by atoms with Crippen molar-refractivity contribution in [3.05, 3.63) is 48.0 Å². The molecule has 0 heterocycles. The highest BCUT2D eigenvalue weighted by atomic mass is 15.0. The second kappa shape index (κ2) is 4.13. The van der Waals surface area contributed by atoms with E-state index in [1.807, 2.05) is 0 Å². The van der Waals surface area contributed by atoms with Crippen LogP contribution in [-0.4, -0.2) is 12.1 Å². The lowest BCUT2D eigenvalue weighted by Gasteiger charge is -2.11. The van der Waals surface area contributed by atoms with Gasteiger partial charge in [-0.05, 0) is 29.2 Å². The van der Waals surface area contributed by atoms with Crippen LogP contribution in [0.1, 0.15) is 18.4 Å². The van der Waals surface area contributed by atoms with Gasteiger partial charge in [-0.3, -0.25) is 0 Å². The van der Waals surface area contributed by atoms with Crippen molar-refractivity contribution in [1.29, 1.82) is 0 Å². The molecular weight excluding hydrogens is 208 g/mol. The fourth-order valence-electron chi connectivity index (χ4n) is 2.23. The van der Waals surface area contributed by atoms with Crippen LogP contribution in [0, 0.1) is 0 Å². The number of rotatable bonds is 4. The minimum absolute atomic E-state index is 0.0879. The first-order valence-corrected chi connectivity index (χ1v) is 6.23. The van der Waals surface area contributed by atoms with Crippen molar-refractivity contribution < 1.29 is 0 Å². The molecule has 2 heteroatoms. The third-order valence-corrected chi connectivity index (χ3v) is 3.56. The minimum Gasteiger partial charge on any atom is -0.324 e. The van der Waals surface area contributed by atoms with E-state index in [-0.39, 0.29) is 5.54 Å². The number of benzene rings is 2. The molecule has 2 aromatic carbocycles. The molecule has 3 rings (SSSR count). The number of nitrogens with one attached hydrogen (secondary N) is 1. The molecule has 2 aromatic rings. The molecule has 0 radical (unpaired) electrons. The fourth-order valence-corrected chi connectivity index (χ4v) is 2.23. The summed E-state index contributed by atoms with van der Waals surface area (Å²) in [6, 6.07) is 15.0. The van der Waals surface area contributed by atoms with Gasteiger partial charge in [0.15, 0.2) is 0 Å². The first-order chi connectivity index (χ1) is 8.27. The summed E-state index contributed by atoms with van der Waals surface area (Å²) in [4.78, 5) is 0. The zero-order chi connectivity index (χ0) is 11.7. The van der Waals surface area contributed by atoms with Crippen molar-refractivity contribution in [2.24, 2.45) is 5.73 Å². The molecule has 88 valence electrons. The highest BCUT2D eigenvalue weighted by Crippen LogP contribution is 2.31. The van der Waals surface area contributed by atoms with Gasteiger partial charge >= 0.3 is 0 Å². The lowest BCUT2D eigenvalue weighted by atomic mass is 10.0. The molecule has 1 saturated carbocycles. The van der Waals surface area contributed by atoms with Crippen LogP contribution in [-0.2, 0) is 6.54 Å². The monoisotopic (exact) mass is 226 g/mol. The first kappa shape index (κ1) is 10.8. The van der Waals surface area contributed by atoms with E-state index in [0.717, 1.165) is 25.9 Å². The van der Waals surface area contributed by atoms with E-state index >= 15 is 0 Å². The lowest BCUT2D eigenvalue weighted by Crippen LogP contribution is -2.35. The van der Waals surface area contributed by atoms with E-state index in [0.29, 0.717) is 0 Å². The third kappa shape index (κ3) is 2.33. The summed E-state index contributed by atoms with van der Waals surface area (Å²) >= 11 is 0. The Bertz CT molecular complexity index is 524. The average molecular weight is 226 g/mol. The number of nitrogens with two attached hydrogens (primary N) is 1. The summed E-state index contributed by atoms with van der Waals surface area (Å²) in [5, 5.41) is 6.11. The summed E-state index contributed by atoms with van der Waals surface area (Å²) in [6.07, 6.45) is 2.32. The predicted molar refractivity (Wildman–Crippen MR) is 71.8 cm³/mol. The van der Waals surface area contributed by atoms with Gasteiger partial charge in [0, 0.05) is 18.6 Å². The Balaban J connectivity index is 1.75. The van der Waals surface area contributed by atoms with Crippen LogP contribution >= 0.6 is 0 Å². The zero-order valence-corrected chi connectivity index (χ0v) is 9.95. The van der Waals surface area contributed by atoms with Crippen molar-refractivity contribution in [2.45, 2.75) is 24.9 Å². The summed E-state index contributed by atoms with van der Waals surface area (Å²) in [5.41, 5.74) is 7.50. The van der Waals surface area contributed by atoms with Crippen LogP contribution in [0.25, 0.3) is 10.8 Å². The van der Waals surface area contributed by atoms with Gasteiger partial charge < -0.3 is 11.1 Å². The van der Waals surface area contributed by atoms with Crippen molar-refractivity contribution in [2.75, 3.05) is 6.54 Å². The highest BCUT2D eigenvalue weighted by molar-refractivity contribution is 5.85. The molecule has 0 amide bonds. The molecule has 0 bridgehead atoms. The van der Waals surface area contributed by atoms with E-state index < -0.39 is 0 Å². The third-order valence-electron chi connectivity index (χ3n) is 3.56. The first-order valence-electron chi connectivity index (χ1n) is 6.23. The van der Waals surface area contributed by atoms with Crippen LogP contribution in [0.3, 0.4) is 0 Å². The zero-order valence-electron chi connectivity index (χ0n) is 9.95. The molecule has 0 aromatic heterocycles. The van der Waals surface area contributed by atoms with Crippen LogP contribution < -0.4 is 11.1 Å². The van der Waals surface area contributed by atoms with Gasteiger partial charge in [0.1, 0.15) is 0 Å². The van der Waals surface area contributed by atoms with Crippen LogP contribution in [0.15, 0.2) is 42.5 Å². The van der Waals surface area contributed by atoms with Crippen LogP contribution in [0.2, 0.25) is 0 Å². The summed E-state index contributed by atoms with van der Waals surface area (Å²) in [5.74, 6) is 0. The van der Waals surface area contributed by atoms with Crippen LogP contribution in [0.5, 0.6) is 0 Å². The normalized spacial score (nSPS) is 17.2. The van der Waals surface area contributed by atoms with E-state index in [9.17, 15) is 0 Å². The molecule has 1 fully saturated rings. The molecule has 3 N–H and O–H groups in total. The number of hydrogen-bond acceptors (Lipinski definition) is 2. The largest absolute Gasteiger partial charge is 0.324 e. The Hall–Kier alpha value is -1.38. The number of hydrogen-bond donors (Lipinski definition) is 2. The number of fused-ring (bicyclic) bond motifs is 1. The lowest BCUT2D eigenvalue weighted by molar-refractivity contribution is 0.570. The standard InChI is InChI=1S/C15H18N2/c16-15(8-9-15)11-17-10-13-6-3-5-12-4-1-2-7-14(12)13/h1-7,17H,8-11,16H2. The molecule has 0 unspecified atom stereocenters. The molecule has 0 aliphatic heterocycles. The van der Waals surface area contributed by atoms with Crippen molar-refractivity contribution in [3.63, 3.8) is 0 Å². The Kier molecular flexibility index (Phi) is 2.61. The highest BCUT2D eigenvalue weighted by Gasteiger charge is 2.37. The molecule has 2 nitrogen and oxygen atoms in total. The van der Waals surface area contributed by atoms with Gasteiger partial charge in [0.2, 0.25) is 0 Å². The van der Waals surface area contributed by atoms with E-state index in [1.54, 1.807) is 0 Å². The van der Waals surface area contributed by atoms with Gasteiger partial charge in [0.25, 0.3) is 0 Å². The van der Waals surface area contributed by atoms with Crippen molar-refractivity contribution >= 4 is 10.8 Å². The van der Waals surface area contributed by atoms with Crippen molar-refractivity contribution in [3.8, 4) is 0 Å². The summed E-state index contributed by atoms with van der Waals surface area (Å²) < 4.78 is 0. The van der Waals surface area contributed by atoms with E-state index in [2.05, 4.69) is 47.8 Å². The van der Waals surface area contributed by atoms with E-state index in [4.69, 9.17) is 5.73 Å². The Morgan fingerprint density at radius 1 is 1.06 bits per heavy atom. The van der Waals surface area contributed by atoms with Gasteiger partial charge in [-0.15, -0.1) is 0 Å². The topological polar surface area (TPSA) is 38.0 Å². The average Bonchev–Trinajstić information content (AvgIpc) is 3.08. The Labute approximate surface area is 102 Å². The van der Waals surface area contributed by atoms with E-state index in [1.165, 1.54) is 16.3 Å². The maximum absolute atomic E-state index is 6.06. The maximum Gasteiger partial charge on any atom is 0.0282 e. The molecule has 1 aliphatic carbocycles. The molecule has 17 heavy (non-hydrogen) atoms. The van der Waals surface area contributed by atoms with Gasteiger partial charge in [0.05, 0.1) is 0 Å². The summed E-state index contributed by atoms with van der Waals surface area (Å²) in [6.45, 7) is 1.83. The molecule has 0 atom stereocenters. The predicted octanol–water partition coefficient (Wildman–Crippen LogP) is 2.42. The Morgan fingerprint density at radius 3 is 2.65 bits per heavy atom. The SMILES string of the molecule is NC1(CNCc2cccc3ccccc23)CC1. The van der Waals surface area contributed by atoms with Crippen LogP contribution in [0.4, 0.5) is 0 Å². The van der Waals surface area contributed by atoms with Gasteiger partial charge in [-0.25, -0.2) is 0 Å². The molecule has 1 aliphatic rings. The second-order valence-corrected chi connectivity index (χ2v) is 5.10.